The van der Waals surface area contributed by atoms with Gasteiger partial charge in [0, 0.05) is 24.9 Å². The third-order valence-electron chi connectivity index (χ3n) is 3.58. The first kappa shape index (κ1) is 17.7. The lowest BCUT2D eigenvalue weighted by molar-refractivity contribution is -0.128. The highest BCUT2D eigenvalue weighted by Gasteiger charge is 2.15. The average Bonchev–Trinajstić information content (AvgIpc) is 3.03. The highest BCUT2D eigenvalue weighted by atomic mass is 16.4. The van der Waals surface area contributed by atoms with Crippen molar-refractivity contribution < 1.29 is 14.0 Å². The first-order chi connectivity index (χ1) is 11.5. The summed E-state index contributed by atoms with van der Waals surface area (Å²) in [6, 6.07) is 7.41. The smallest absolute Gasteiger partial charge is 0.242 e. The number of benzene rings is 1. The van der Waals surface area contributed by atoms with Crippen molar-refractivity contribution in [2.45, 2.75) is 39.7 Å². The Bertz CT molecular complexity index is 692. The molecule has 0 saturated heterocycles. The number of carbonyl (C=O) groups excluding carboxylic acids is 2. The van der Waals surface area contributed by atoms with Crippen LogP contribution in [0.5, 0.6) is 0 Å². The molecule has 128 valence electrons. The van der Waals surface area contributed by atoms with Crippen molar-refractivity contribution in [2.24, 2.45) is 0 Å². The summed E-state index contributed by atoms with van der Waals surface area (Å²) in [6.07, 6.45) is 2.27. The van der Waals surface area contributed by atoms with Crippen LogP contribution in [0.3, 0.4) is 0 Å². The van der Waals surface area contributed by atoms with Gasteiger partial charge in [0.05, 0.1) is 6.20 Å². The Morgan fingerprint density at radius 2 is 1.96 bits per heavy atom. The maximum Gasteiger partial charge on any atom is 0.242 e. The van der Waals surface area contributed by atoms with E-state index in [0.717, 1.165) is 5.56 Å². The van der Waals surface area contributed by atoms with E-state index in [1.807, 2.05) is 38.1 Å². The minimum absolute atomic E-state index is 0.191. The molecule has 0 bridgehead atoms. The van der Waals surface area contributed by atoms with E-state index in [1.54, 1.807) is 13.1 Å². The van der Waals surface area contributed by atoms with Crippen molar-refractivity contribution in [1.82, 2.24) is 15.6 Å². The number of nitrogens with one attached hydrogen (secondary N) is 2. The minimum atomic E-state index is -0.551. The van der Waals surface area contributed by atoms with Crippen molar-refractivity contribution in [2.75, 3.05) is 6.54 Å². The summed E-state index contributed by atoms with van der Waals surface area (Å²) in [4.78, 5) is 27.7. The lowest BCUT2D eigenvalue weighted by Gasteiger charge is -2.12. The highest BCUT2D eigenvalue weighted by molar-refractivity contribution is 5.87. The van der Waals surface area contributed by atoms with Crippen molar-refractivity contribution in [3.8, 4) is 11.3 Å². The summed E-state index contributed by atoms with van der Waals surface area (Å²) in [6.45, 7) is 6.05. The van der Waals surface area contributed by atoms with Crippen molar-refractivity contribution in [3.63, 3.8) is 0 Å². The summed E-state index contributed by atoms with van der Waals surface area (Å²) in [5.41, 5.74) is 2.13. The highest BCUT2D eigenvalue weighted by Crippen LogP contribution is 2.21. The van der Waals surface area contributed by atoms with Crippen LogP contribution < -0.4 is 10.6 Å². The minimum Gasteiger partial charge on any atom is -0.441 e. The Balaban J connectivity index is 1.85. The molecule has 2 amide bonds. The largest absolute Gasteiger partial charge is 0.441 e. The second-order valence-electron chi connectivity index (χ2n) is 5.67. The van der Waals surface area contributed by atoms with E-state index in [0.29, 0.717) is 24.6 Å². The van der Waals surface area contributed by atoms with Crippen molar-refractivity contribution in [3.05, 3.63) is 41.9 Å². The molecule has 6 heteroatoms. The fourth-order valence-electron chi connectivity index (χ4n) is 2.20. The number of aromatic nitrogens is 1. The van der Waals surface area contributed by atoms with Gasteiger partial charge in [-0.05, 0) is 20.8 Å². The van der Waals surface area contributed by atoms with Crippen molar-refractivity contribution in [1.29, 1.82) is 0 Å². The predicted octanol–water partition coefficient (Wildman–Crippen LogP) is 2.22. The molecule has 6 nitrogen and oxygen atoms in total. The third-order valence-corrected chi connectivity index (χ3v) is 3.58. The predicted molar refractivity (Wildman–Crippen MR) is 91.3 cm³/mol. The van der Waals surface area contributed by atoms with E-state index >= 15 is 0 Å². The third kappa shape index (κ3) is 4.94. The van der Waals surface area contributed by atoms with Crippen LogP contribution in [0.4, 0.5) is 0 Å². The van der Waals surface area contributed by atoms with Gasteiger partial charge >= 0.3 is 0 Å². The van der Waals surface area contributed by atoms with Gasteiger partial charge < -0.3 is 15.1 Å². The monoisotopic (exact) mass is 329 g/mol. The Morgan fingerprint density at radius 1 is 1.25 bits per heavy atom. The zero-order chi connectivity index (χ0) is 17.5. The molecule has 0 aliphatic rings. The number of rotatable bonds is 7. The number of aryl methyl sites for hydroxylation is 2. The molecule has 1 atom stereocenters. The number of carbonyl (C=O) groups is 2. The molecule has 2 aromatic rings. The van der Waals surface area contributed by atoms with E-state index in [4.69, 9.17) is 4.42 Å². The summed E-state index contributed by atoms with van der Waals surface area (Å²) < 4.78 is 5.68. The van der Waals surface area contributed by atoms with Crippen molar-refractivity contribution >= 4 is 11.8 Å². The fraction of sp³-hybridized carbons (Fsp3) is 0.389. The molecule has 2 N–H and O–H groups in total. The summed E-state index contributed by atoms with van der Waals surface area (Å²) >= 11 is 0. The molecule has 0 spiro atoms. The van der Waals surface area contributed by atoms with Gasteiger partial charge in [-0.15, -0.1) is 0 Å². The van der Waals surface area contributed by atoms with Crippen LogP contribution in [0.1, 0.15) is 31.7 Å². The molecule has 24 heavy (non-hydrogen) atoms. The van der Waals surface area contributed by atoms with Crippen LogP contribution in [0, 0.1) is 6.92 Å². The molecule has 0 radical (unpaired) electrons. The molecule has 1 heterocycles. The van der Waals surface area contributed by atoms with E-state index in [-0.39, 0.29) is 18.2 Å². The molecule has 0 aliphatic carbocycles. The van der Waals surface area contributed by atoms with Crippen LogP contribution in [0.25, 0.3) is 11.3 Å². The van der Waals surface area contributed by atoms with Gasteiger partial charge in [-0.3, -0.25) is 9.59 Å². The van der Waals surface area contributed by atoms with E-state index < -0.39 is 6.04 Å². The Morgan fingerprint density at radius 3 is 2.62 bits per heavy atom. The molecule has 0 saturated carbocycles. The quantitative estimate of drug-likeness (QED) is 0.816. The zero-order valence-electron chi connectivity index (χ0n) is 14.3. The van der Waals surface area contributed by atoms with Crippen LogP contribution in [0.15, 0.2) is 34.9 Å². The maximum atomic E-state index is 11.9. The SMILES string of the molecule is CCNC(=O)C(C)NC(=O)CCc1ncc(-c2ccc(C)cc2)o1. The van der Waals surface area contributed by atoms with Crippen LogP contribution in [-0.2, 0) is 16.0 Å². The molecular weight excluding hydrogens is 306 g/mol. The lowest BCUT2D eigenvalue weighted by atomic mass is 10.1. The van der Waals surface area contributed by atoms with Gasteiger partial charge in [-0.25, -0.2) is 4.98 Å². The number of nitrogens with zero attached hydrogens (tertiary/aromatic N) is 1. The molecule has 2 rings (SSSR count). The number of likely N-dealkylation sites (N-methyl/N-ethyl adjacent to an activating group) is 1. The number of hydrogen-bond donors (Lipinski definition) is 2. The lowest BCUT2D eigenvalue weighted by Crippen LogP contribution is -2.44. The van der Waals surface area contributed by atoms with E-state index in [9.17, 15) is 9.59 Å². The first-order valence-electron chi connectivity index (χ1n) is 8.08. The number of amides is 2. The summed E-state index contributed by atoms with van der Waals surface area (Å²) in [5.74, 6) is 0.792. The van der Waals surface area contributed by atoms with Crippen LogP contribution >= 0.6 is 0 Å². The summed E-state index contributed by atoms with van der Waals surface area (Å²) in [7, 11) is 0. The zero-order valence-corrected chi connectivity index (χ0v) is 14.3. The Labute approximate surface area is 141 Å². The molecular formula is C18H23N3O3. The Kier molecular flexibility index (Phi) is 6.12. The van der Waals surface area contributed by atoms with Gasteiger partial charge in [-0.1, -0.05) is 29.8 Å². The normalized spacial score (nSPS) is 11.8. The average molecular weight is 329 g/mol. The van der Waals surface area contributed by atoms with E-state index in [1.165, 1.54) is 5.56 Å². The van der Waals surface area contributed by atoms with Gasteiger partial charge in [0.15, 0.2) is 11.7 Å². The molecule has 0 fully saturated rings. The second-order valence-corrected chi connectivity index (χ2v) is 5.67. The number of oxazole rings is 1. The molecule has 1 aromatic carbocycles. The number of hydrogen-bond acceptors (Lipinski definition) is 4. The first-order valence-corrected chi connectivity index (χ1v) is 8.08. The van der Waals surface area contributed by atoms with Crippen LogP contribution in [-0.4, -0.2) is 29.4 Å². The standard InChI is InChI=1S/C18H23N3O3/c1-4-19-18(23)13(3)21-16(22)9-10-17-20-11-15(24-17)14-7-5-12(2)6-8-14/h5-8,11,13H,4,9-10H2,1-3H3,(H,19,23)(H,21,22). The summed E-state index contributed by atoms with van der Waals surface area (Å²) in [5, 5.41) is 5.32. The molecule has 1 unspecified atom stereocenters. The topological polar surface area (TPSA) is 84.2 Å². The van der Waals surface area contributed by atoms with E-state index in [2.05, 4.69) is 15.6 Å². The van der Waals surface area contributed by atoms with Gasteiger partial charge in [0.1, 0.15) is 6.04 Å². The molecule has 1 aromatic heterocycles. The fourth-order valence-corrected chi connectivity index (χ4v) is 2.20. The van der Waals surface area contributed by atoms with Gasteiger partial charge in [0.25, 0.3) is 0 Å². The maximum absolute atomic E-state index is 11.9. The second kappa shape index (κ2) is 8.29. The van der Waals surface area contributed by atoms with Gasteiger partial charge in [0.2, 0.25) is 11.8 Å². The molecule has 0 aliphatic heterocycles. The van der Waals surface area contributed by atoms with Crippen LogP contribution in [0.2, 0.25) is 0 Å². The Hall–Kier alpha value is -2.63. The van der Waals surface area contributed by atoms with Gasteiger partial charge in [-0.2, -0.15) is 0 Å².